The Balaban J connectivity index is 1.68. The highest BCUT2D eigenvalue weighted by Gasteiger charge is 2.45. The maximum atomic E-state index is 12.6. The van der Waals surface area contributed by atoms with Crippen molar-refractivity contribution >= 4 is 34.4 Å². The highest BCUT2D eigenvalue weighted by molar-refractivity contribution is 6.32. The standard InChI is InChI=1S/C20H23ClN2O3/c1-23-15-11-13(18(24)22-20(19(25)26)9-4-10-20)7-8-14(15)16(17(23)21)12-5-2-3-6-12/h7-8,11-12H,2-6,9-10H2,1H3,(H,22,24)(H,25,26). The molecule has 1 heterocycles. The fourth-order valence-electron chi connectivity index (χ4n) is 4.39. The van der Waals surface area contributed by atoms with Crippen molar-refractivity contribution in [2.45, 2.75) is 56.4 Å². The van der Waals surface area contributed by atoms with E-state index in [2.05, 4.69) is 5.32 Å². The molecule has 2 N–H and O–H groups in total. The van der Waals surface area contributed by atoms with Gasteiger partial charge in [0.1, 0.15) is 10.7 Å². The van der Waals surface area contributed by atoms with E-state index in [-0.39, 0.29) is 5.91 Å². The number of fused-ring (bicyclic) bond motifs is 1. The Hall–Kier alpha value is -2.01. The Morgan fingerprint density at radius 3 is 2.50 bits per heavy atom. The summed E-state index contributed by atoms with van der Waals surface area (Å²) in [7, 11) is 1.91. The number of hydrogen-bond acceptors (Lipinski definition) is 2. The second-order valence-electron chi connectivity index (χ2n) is 7.67. The number of carbonyl (C=O) groups is 2. The van der Waals surface area contributed by atoms with Crippen LogP contribution in [0, 0.1) is 0 Å². The van der Waals surface area contributed by atoms with Gasteiger partial charge in [0.25, 0.3) is 5.91 Å². The van der Waals surface area contributed by atoms with Crippen LogP contribution in [-0.2, 0) is 11.8 Å². The Labute approximate surface area is 157 Å². The summed E-state index contributed by atoms with van der Waals surface area (Å²) in [6.45, 7) is 0. The molecular weight excluding hydrogens is 352 g/mol. The number of carboxylic acid groups (broad SMARTS) is 1. The van der Waals surface area contributed by atoms with Gasteiger partial charge in [0.05, 0.1) is 0 Å². The molecule has 0 atom stereocenters. The number of aliphatic carboxylic acids is 1. The monoisotopic (exact) mass is 374 g/mol. The third kappa shape index (κ3) is 2.60. The first-order valence-electron chi connectivity index (χ1n) is 9.27. The maximum Gasteiger partial charge on any atom is 0.329 e. The molecule has 2 aliphatic carbocycles. The first-order valence-corrected chi connectivity index (χ1v) is 9.64. The maximum absolute atomic E-state index is 12.6. The number of benzene rings is 1. The van der Waals surface area contributed by atoms with Gasteiger partial charge >= 0.3 is 5.97 Å². The van der Waals surface area contributed by atoms with Crippen LogP contribution in [0.3, 0.4) is 0 Å². The number of hydrogen-bond donors (Lipinski definition) is 2. The summed E-state index contributed by atoms with van der Waals surface area (Å²) < 4.78 is 1.93. The summed E-state index contributed by atoms with van der Waals surface area (Å²) >= 11 is 6.61. The topological polar surface area (TPSA) is 71.3 Å². The predicted molar refractivity (Wildman–Crippen MR) is 101 cm³/mol. The van der Waals surface area contributed by atoms with Crippen LogP contribution < -0.4 is 5.32 Å². The predicted octanol–water partition coefficient (Wildman–Crippen LogP) is 4.23. The first kappa shape index (κ1) is 17.4. The highest BCUT2D eigenvalue weighted by atomic mass is 35.5. The van der Waals surface area contributed by atoms with E-state index >= 15 is 0 Å². The lowest BCUT2D eigenvalue weighted by Crippen LogP contribution is -2.59. The molecule has 0 spiro atoms. The molecule has 4 rings (SSSR count). The van der Waals surface area contributed by atoms with Gasteiger partial charge in [0, 0.05) is 23.5 Å². The van der Waals surface area contributed by atoms with E-state index in [9.17, 15) is 14.7 Å². The molecule has 0 unspecified atom stereocenters. The number of rotatable bonds is 4. The Morgan fingerprint density at radius 2 is 1.92 bits per heavy atom. The number of aryl methyl sites for hydroxylation is 1. The van der Waals surface area contributed by atoms with Gasteiger partial charge in [0.15, 0.2) is 0 Å². The molecule has 6 heteroatoms. The van der Waals surface area contributed by atoms with Crippen LogP contribution in [0.4, 0.5) is 0 Å². The average molecular weight is 375 g/mol. The van der Waals surface area contributed by atoms with E-state index in [1.54, 1.807) is 6.07 Å². The normalized spacial score (nSPS) is 19.5. The second-order valence-corrected chi connectivity index (χ2v) is 8.03. The minimum atomic E-state index is -1.10. The third-order valence-electron chi connectivity index (χ3n) is 6.16. The molecule has 2 aliphatic rings. The largest absolute Gasteiger partial charge is 0.480 e. The van der Waals surface area contributed by atoms with E-state index in [1.807, 2.05) is 23.7 Å². The van der Waals surface area contributed by atoms with Crippen molar-refractivity contribution in [1.82, 2.24) is 9.88 Å². The smallest absolute Gasteiger partial charge is 0.329 e. The fraction of sp³-hybridized carbons (Fsp3) is 0.500. The molecule has 0 bridgehead atoms. The Bertz CT molecular complexity index is 892. The van der Waals surface area contributed by atoms with Crippen LogP contribution in [0.1, 0.15) is 66.8 Å². The van der Waals surface area contributed by atoms with Gasteiger partial charge in [-0.1, -0.05) is 30.5 Å². The van der Waals surface area contributed by atoms with Crippen molar-refractivity contribution in [2.75, 3.05) is 0 Å². The second kappa shape index (κ2) is 6.31. The minimum Gasteiger partial charge on any atom is -0.480 e. The number of carboxylic acids is 1. The van der Waals surface area contributed by atoms with Crippen molar-refractivity contribution in [1.29, 1.82) is 0 Å². The van der Waals surface area contributed by atoms with Gasteiger partial charge < -0.3 is 15.0 Å². The highest BCUT2D eigenvalue weighted by Crippen LogP contribution is 2.43. The Morgan fingerprint density at radius 1 is 1.23 bits per heavy atom. The van der Waals surface area contributed by atoms with Gasteiger partial charge in [-0.2, -0.15) is 0 Å². The summed E-state index contributed by atoms with van der Waals surface area (Å²) in [5.74, 6) is -0.812. The molecule has 5 nitrogen and oxygen atoms in total. The lowest BCUT2D eigenvalue weighted by molar-refractivity contribution is -0.148. The third-order valence-corrected chi connectivity index (χ3v) is 6.62. The van der Waals surface area contributed by atoms with Crippen molar-refractivity contribution in [2.24, 2.45) is 7.05 Å². The van der Waals surface area contributed by atoms with E-state index in [0.717, 1.165) is 35.3 Å². The van der Waals surface area contributed by atoms with E-state index in [0.29, 0.717) is 24.3 Å². The molecule has 1 aromatic carbocycles. The molecule has 26 heavy (non-hydrogen) atoms. The number of halogens is 1. The molecule has 0 aliphatic heterocycles. The zero-order valence-corrected chi connectivity index (χ0v) is 15.6. The molecule has 1 aromatic heterocycles. The summed E-state index contributed by atoms with van der Waals surface area (Å²) in [4.78, 5) is 24.1. The van der Waals surface area contributed by atoms with Crippen molar-refractivity contribution < 1.29 is 14.7 Å². The van der Waals surface area contributed by atoms with Crippen LogP contribution in [0.5, 0.6) is 0 Å². The SMILES string of the molecule is Cn1c(Cl)c(C2CCCC2)c2ccc(C(=O)NC3(C(=O)O)CCC3)cc21. The quantitative estimate of drug-likeness (QED) is 0.841. The first-order chi connectivity index (χ1) is 12.4. The van der Waals surface area contributed by atoms with E-state index in [1.165, 1.54) is 18.4 Å². The molecule has 2 fully saturated rings. The van der Waals surface area contributed by atoms with Crippen LogP contribution in [0.15, 0.2) is 18.2 Å². The van der Waals surface area contributed by atoms with Gasteiger partial charge in [-0.25, -0.2) is 4.79 Å². The van der Waals surface area contributed by atoms with Gasteiger partial charge in [-0.15, -0.1) is 0 Å². The van der Waals surface area contributed by atoms with Crippen LogP contribution in [0.2, 0.25) is 5.15 Å². The van der Waals surface area contributed by atoms with Crippen LogP contribution >= 0.6 is 11.6 Å². The number of amides is 1. The van der Waals surface area contributed by atoms with Crippen molar-refractivity contribution in [3.63, 3.8) is 0 Å². The zero-order valence-electron chi connectivity index (χ0n) is 14.8. The van der Waals surface area contributed by atoms with Gasteiger partial charge in [-0.05, 0) is 55.7 Å². The fourth-order valence-corrected chi connectivity index (χ4v) is 4.74. The lowest BCUT2D eigenvalue weighted by Gasteiger charge is -2.38. The van der Waals surface area contributed by atoms with Gasteiger partial charge in [-0.3, -0.25) is 4.79 Å². The van der Waals surface area contributed by atoms with Crippen molar-refractivity contribution in [3.05, 3.63) is 34.5 Å². The van der Waals surface area contributed by atoms with Gasteiger partial charge in [0.2, 0.25) is 0 Å². The van der Waals surface area contributed by atoms with E-state index < -0.39 is 11.5 Å². The lowest BCUT2D eigenvalue weighted by atomic mass is 9.76. The number of carbonyl (C=O) groups excluding carboxylic acids is 1. The molecule has 2 aromatic rings. The van der Waals surface area contributed by atoms with E-state index in [4.69, 9.17) is 11.6 Å². The van der Waals surface area contributed by atoms with Crippen LogP contribution in [-0.4, -0.2) is 27.1 Å². The molecule has 0 saturated heterocycles. The summed E-state index contributed by atoms with van der Waals surface area (Å²) in [6.07, 6.45) is 6.56. The minimum absolute atomic E-state index is 0.339. The molecule has 1 amide bonds. The zero-order chi connectivity index (χ0) is 18.5. The average Bonchev–Trinajstić information content (AvgIpc) is 3.18. The number of nitrogens with one attached hydrogen (secondary N) is 1. The van der Waals surface area contributed by atoms with Crippen LogP contribution in [0.25, 0.3) is 10.9 Å². The molecule has 138 valence electrons. The Kier molecular flexibility index (Phi) is 4.22. The summed E-state index contributed by atoms with van der Waals surface area (Å²) in [5, 5.41) is 14.0. The number of nitrogens with zero attached hydrogens (tertiary/aromatic N) is 1. The number of aromatic nitrogens is 1. The molecule has 0 radical (unpaired) electrons. The molecule has 2 saturated carbocycles. The molecular formula is C20H23ClN2O3. The van der Waals surface area contributed by atoms with Crippen molar-refractivity contribution in [3.8, 4) is 0 Å². The summed E-state index contributed by atoms with van der Waals surface area (Å²) in [6, 6.07) is 5.56. The summed E-state index contributed by atoms with van der Waals surface area (Å²) in [5.41, 5.74) is 1.48.